The lowest BCUT2D eigenvalue weighted by molar-refractivity contribution is -0.135. The topological polar surface area (TPSA) is 71.3 Å². The number of carboxylic acid groups (broad SMARTS) is 1. The molecule has 0 aliphatic heterocycles. The summed E-state index contributed by atoms with van der Waals surface area (Å²) in [6.45, 7) is 0.326. The first-order valence-electron chi connectivity index (χ1n) is 7.26. The fourth-order valence-electron chi connectivity index (χ4n) is 2.50. The van der Waals surface area contributed by atoms with Crippen LogP contribution in [0.3, 0.4) is 0 Å². The van der Waals surface area contributed by atoms with E-state index in [1.807, 2.05) is 36.5 Å². The highest BCUT2D eigenvalue weighted by molar-refractivity contribution is 5.99. The van der Waals surface area contributed by atoms with Gasteiger partial charge in [-0.15, -0.1) is 0 Å². The molecule has 0 aliphatic carbocycles. The average molecular weight is 308 g/mol. The van der Waals surface area contributed by atoms with Crippen molar-refractivity contribution in [3.8, 4) is 0 Å². The van der Waals surface area contributed by atoms with Gasteiger partial charge in [0.15, 0.2) is 0 Å². The minimum Gasteiger partial charge on any atom is -0.480 e. The van der Waals surface area contributed by atoms with Gasteiger partial charge >= 0.3 is 5.97 Å². The van der Waals surface area contributed by atoms with Crippen LogP contribution in [0.4, 0.5) is 0 Å². The van der Waals surface area contributed by atoms with Crippen LogP contribution in [-0.2, 0) is 11.3 Å². The highest BCUT2D eigenvalue weighted by Gasteiger charge is 2.10. The molecule has 0 aliphatic rings. The Morgan fingerprint density at radius 2 is 1.83 bits per heavy atom. The third-order valence-corrected chi connectivity index (χ3v) is 3.63. The summed E-state index contributed by atoms with van der Waals surface area (Å²) in [4.78, 5) is 22.5. The molecule has 2 N–H and O–H groups in total. The highest BCUT2D eigenvalue weighted by atomic mass is 16.4. The minimum atomic E-state index is -1.06. The third kappa shape index (κ3) is 3.40. The van der Waals surface area contributed by atoms with Crippen molar-refractivity contribution in [2.24, 2.45) is 0 Å². The van der Waals surface area contributed by atoms with Gasteiger partial charge in [-0.2, -0.15) is 0 Å². The Morgan fingerprint density at radius 3 is 2.57 bits per heavy atom. The van der Waals surface area contributed by atoms with Crippen molar-refractivity contribution in [3.63, 3.8) is 0 Å². The van der Waals surface area contributed by atoms with Crippen molar-refractivity contribution in [3.05, 3.63) is 71.9 Å². The lowest BCUT2D eigenvalue weighted by atomic mass is 10.1. The molecular formula is C18H16N2O3. The van der Waals surface area contributed by atoms with E-state index in [2.05, 4.69) is 22.0 Å². The smallest absolute Gasteiger partial charge is 0.322 e. The van der Waals surface area contributed by atoms with Crippen molar-refractivity contribution >= 4 is 22.8 Å². The standard InChI is InChI=1S/C18H16N2O3/c21-17(22)11-19-18(23)15-7-6-14-8-9-20(16(14)10-15)12-13-4-2-1-3-5-13/h1-10H,11-12H2,(H,19,23)(H,21,22). The fraction of sp³-hybridized carbons (Fsp3) is 0.111. The van der Waals surface area contributed by atoms with Gasteiger partial charge in [0.2, 0.25) is 0 Å². The van der Waals surface area contributed by atoms with E-state index < -0.39 is 5.97 Å². The fourth-order valence-corrected chi connectivity index (χ4v) is 2.50. The summed E-state index contributed by atoms with van der Waals surface area (Å²) in [6.07, 6.45) is 1.98. The van der Waals surface area contributed by atoms with Gasteiger partial charge in [0.1, 0.15) is 6.54 Å². The summed E-state index contributed by atoms with van der Waals surface area (Å²) in [5.74, 6) is -1.45. The van der Waals surface area contributed by atoms with E-state index in [0.717, 1.165) is 10.9 Å². The minimum absolute atomic E-state index is 0.387. The maximum Gasteiger partial charge on any atom is 0.322 e. The second-order valence-corrected chi connectivity index (χ2v) is 5.28. The summed E-state index contributed by atoms with van der Waals surface area (Å²) >= 11 is 0. The van der Waals surface area contributed by atoms with E-state index in [-0.39, 0.29) is 12.5 Å². The van der Waals surface area contributed by atoms with Crippen LogP contribution in [0.1, 0.15) is 15.9 Å². The van der Waals surface area contributed by atoms with E-state index in [9.17, 15) is 9.59 Å². The number of fused-ring (bicyclic) bond motifs is 1. The van der Waals surface area contributed by atoms with Gasteiger partial charge in [-0.3, -0.25) is 9.59 Å². The molecule has 0 bridgehead atoms. The molecule has 1 amide bonds. The van der Waals surface area contributed by atoms with Crippen LogP contribution in [-0.4, -0.2) is 28.1 Å². The summed E-state index contributed by atoms with van der Waals surface area (Å²) in [5.41, 5.74) is 2.56. The second kappa shape index (κ2) is 6.36. The molecule has 0 spiro atoms. The van der Waals surface area contributed by atoms with Gasteiger partial charge in [0.25, 0.3) is 5.91 Å². The monoisotopic (exact) mass is 308 g/mol. The van der Waals surface area contributed by atoms with Gasteiger partial charge in [0, 0.05) is 23.8 Å². The lowest BCUT2D eigenvalue weighted by Crippen LogP contribution is -2.29. The molecule has 0 saturated heterocycles. The van der Waals surface area contributed by atoms with Crippen molar-refractivity contribution in [2.75, 3.05) is 6.54 Å². The number of nitrogens with one attached hydrogen (secondary N) is 1. The Hall–Kier alpha value is -3.08. The van der Waals surface area contributed by atoms with E-state index in [0.29, 0.717) is 12.1 Å². The molecular weight excluding hydrogens is 292 g/mol. The number of carboxylic acids is 1. The van der Waals surface area contributed by atoms with Crippen LogP contribution >= 0.6 is 0 Å². The zero-order valence-corrected chi connectivity index (χ0v) is 12.4. The number of amides is 1. The zero-order chi connectivity index (χ0) is 16.2. The number of benzene rings is 2. The third-order valence-electron chi connectivity index (χ3n) is 3.63. The number of hydrogen-bond acceptors (Lipinski definition) is 2. The van der Waals surface area contributed by atoms with Crippen LogP contribution < -0.4 is 5.32 Å². The number of aromatic nitrogens is 1. The van der Waals surface area contributed by atoms with Crippen LogP contribution in [0.2, 0.25) is 0 Å². The van der Waals surface area contributed by atoms with Crippen LogP contribution in [0, 0.1) is 0 Å². The second-order valence-electron chi connectivity index (χ2n) is 5.28. The molecule has 5 nitrogen and oxygen atoms in total. The van der Waals surface area contributed by atoms with Gasteiger partial charge in [-0.1, -0.05) is 36.4 Å². The Kier molecular flexibility index (Phi) is 4.10. The largest absolute Gasteiger partial charge is 0.480 e. The number of hydrogen-bond donors (Lipinski definition) is 2. The molecule has 0 atom stereocenters. The predicted molar refractivity (Wildman–Crippen MR) is 87.5 cm³/mol. The van der Waals surface area contributed by atoms with E-state index in [1.165, 1.54) is 5.56 Å². The molecule has 5 heteroatoms. The number of nitrogens with zero attached hydrogens (tertiary/aromatic N) is 1. The Labute approximate surface area is 133 Å². The summed E-state index contributed by atoms with van der Waals surface area (Å²) < 4.78 is 2.07. The highest BCUT2D eigenvalue weighted by Crippen LogP contribution is 2.19. The van der Waals surface area contributed by atoms with Crippen molar-refractivity contribution in [1.82, 2.24) is 9.88 Å². The van der Waals surface area contributed by atoms with Crippen molar-refractivity contribution in [2.45, 2.75) is 6.54 Å². The van der Waals surface area contributed by atoms with Gasteiger partial charge < -0.3 is 15.0 Å². The van der Waals surface area contributed by atoms with Gasteiger partial charge in [-0.05, 0) is 29.1 Å². The van der Waals surface area contributed by atoms with Crippen molar-refractivity contribution in [1.29, 1.82) is 0 Å². The summed E-state index contributed by atoms with van der Waals surface area (Å²) in [5, 5.41) is 12.1. The quantitative estimate of drug-likeness (QED) is 0.761. The van der Waals surface area contributed by atoms with Gasteiger partial charge in [0.05, 0.1) is 0 Å². The number of rotatable bonds is 5. The molecule has 0 unspecified atom stereocenters. The van der Waals surface area contributed by atoms with Crippen LogP contribution in [0.15, 0.2) is 60.8 Å². The summed E-state index contributed by atoms with van der Waals surface area (Å²) in [6, 6.07) is 17.4. The zero-order valence-electron chi connectivity index (χ0n) is 12.4. The maximum absolute atomic E-state index is 12.0. The molecule has 0 radical (unpaired) electrons. The van der Waals surface area contributed by atoms with Gasteiger partial charge in [-0.25, -0.2) is 0 Å². The first-order chi connectivity index (χ1) is 11.1. The molecule has 1 aromatic heterocycles. The number of aliphatic carboxylic acids is 1. The van der Waals surface area contributed by atoms with E-state index >= 15 is 0 Å². The number of carbonyl (C=O) groups is 2. The molecule has 3 aromatic rings. The Morgan fingerprint density at radius 1 is 1.04 bits per heavy atom. The lowest BCUT2D eigenvalue weighted by Gasteiger charge is -2.07. The molecule has 2 aromatic carbocycles. The molecule has 1 heterocycles. The molecule has 3 rings (SSSR count). The Bertz CT molecular complexity index is 853. The molecule has 0 saturated carbocycles. The predicted octanol–water partition coefficient (Wildman–Crippen LogP) is 2.50. The normalized spacial score (nSPS) is 10.6. The SMILES string of the molecule is O=C(O)CNC(=O)c1ccc2ccn(Cc3ccccc3)c2c1. The van der Waals surface area contributed by atoms with Crippen LogP contribution in [0.5, 0.6) is 0 Å². The van der Waals surface area contributed by atoms with E-state index in [1.54, 1.807) is 12.1 Å². The molecule has 0 fully saturated rings. The van der Waals surface area contributed by atoms with Crippen LogP contribution in [0.25, 0.3) is 10.9 Å². The molecule has 116 valence electrons. The first kappa shape index (κ1) is 14.8. The maximum atomic E-state index is 12.0. The Balaban J connectivity index is 1.88. The molecule has 23 heavy (non-hydrogen) atoms. The average Bonchev–Trinajstić information content (AvgIpc) is 2.96. The van der Waals surface area contributed by atoms with E-state index in [4.69, 9.17) is 5.11 Å². The first-order valence-corrected chi connectivity index (χ1v) is 7.26. The number of carbonyl (C=O) groups excluding carboxylic acids is 1. The summed E-state index contributed by atoms with van der Waals surface area (Å²) in [7, 11) is 0. The van der Waals surface area contributed by atoms with Crippen molar-refractivity contribution < 1.29 is 14.7 Å².